The van der Waals surface area contributed by atoms with E-state index in [9.17, 15) is 4.79 Å². The maximum absolute atomic E-state index is 12.7. The van der Waals surface area contributed by atoms with E-state index in [1.54, 1.807) is 6.20 Å². The van der Waals surface area contributed by atoms with E-state index >= 15 is 0 Å². The molecule has 3 aromatic rings. The van der Waals surface area contributed by atoms with E-state index in [0.29, 0.717) is 18.9 Å². The number of hydrogen-bond acceptors (Lipinski definition) is 4. The molecule has 0 N–H and O–H groups in total. The second kappa shape index (κ2) is 10.0. The molecule has 0 spiro atoms. The lowest BCUT2D eigenvalue weighted by atomic mass is 9.99. The maximum Gasteiger partial charge on any atom is 0.227 e. The van der Waals surface area contributed by atoms with Gasteiger partial charge in [-0.15, -0.1) is 0 Å². The second-order valence-electron chi connectivity index (χ2n) is 6.90. The summed E-state index contributed by atoms with van der Waals surface area (Å²) in [6, 6.07) is 7.87. The Hall–Kier alpha value is -1.96. The number of halogens is 1. The molecule has 0 radical (unpaired) electrons. The van der Waals surface area contributed by atoms with Crippen molar-refractivity contribution in [3.05, 3.63) is 51.4 Å². The Balaban J connectivity index is 1.93. The van der Waals surface area contributed by atoms with Gasteiger partial charge in [-0.05, 0) is 59.7 Å². The van der Waals surface area contributed by atoms with Crippen LogP contribution in [0, 0.1) is 3.57 Å². The van der Waals surface area contributed by atoms with E-state index < -0.39 is 0 Å². The van der Waals surface area contributed by atoms with E-state index in [-0.39, 0.29) is 5.78 Å². The van der Waals surface area contributed by atoms with Crippen molar-refractivity contribution < 1.29 is 9.53 Å². The van der Waals surface area contributed by atoms with Gasteiger partial charge in [-0.1, -0.05) is 26.7 Å². The fourth-order valence-electron chi connectivity index (χ4n) is 3.22. The number of hydrogen-bond donors (Lipinski definition) is 0. The van der Waals surface area contributed by atoms with Crippen molar-refractivity contribution >= 4 is 39.3 Å². The number of aryl methyl sites for hydroxylation is 1. The number of aromatic nitrogens is 3. The summed E-state index contributed by atoms with van der Waals surface area (Å²) >= 11 is 2.21. The third kappa shape index (κ3) is 4.90. The fraction of sp³-hybridized carbons (Fsp3) is 0.409. The fourth-order valence-corrected chi connectivity index (χ4v) is 3.73. The van der Waals surface area contributed by atoms with Crippen LogP contribution in [0.2, 0.25) is 0 Å². The molecule has 0 bridgehead atoms. The number of pyridine rings is 1. The van der Waals surface area contributed by atoms with E-state index in [1.165, 1.54) is 12.8 Å². The number of carbonyl (C=O) groups excluding carboxylic acids is 1. The van der Waals surface area contributed by atoms with Gasteiger partial charge >= 0.3 is 0 Å². The molecule has 6 heteroatoms. The molecule has 0 aliphatic heterocycles. The lowest BCUT2D eigenvalue weighted by molar-refractivity contribution is 0.0979. The molecule has 0 aliphatic rings. The number of fused-ring (bicyclic) bond motifs is 1. The van der Waals surface area contributed by atoms with Crippen LogP contribution in [0.1, 0.15) is 61.9 Å². The summed E-state index contributed by atoms with van der Waals surface area (Å²) in [5.41, 5.74) is 2.68. The van der Waals surface area contributed by atoms with Crippen LogP contribution in [0.15, 0.2) is 36.7 Å². The van der Waals surface area contributed by atoms with Gasteiger partial charge < -0.3 is 4.74 Å². The molecule has 2 aromatic heterocycles. The number of benzene rings is 1. The van der Waals surface area contributed by atoms with Crippen molar-refractivity contribution in [3.63, 3.8) is 0 Å². The largest absolute Gasteiger partial charge is 0.472 e. The van der Waals surface area contributed by atoms with Crippen LogP contribution in [0.5, 0.6) is 5.88 Å². The number of rotatable bonds is 10. The van der Waals surface area contributed by atoms with Crippen LogP contribution in [-0.4, -0.2) is 20.5 Å². The van der Waals surface area contributed by atoms with Crippen LogP contribution >= 0.6 is 22.6 Å². The zero-order chi connectivity index (χ0) is 19.9. The highest BCUT2D eigenvalue weighted by molar-refractivity contribution is 14.1. The Morgan fingerprint density at radius 3 is 2.82 bits per heavy atom. The minimum absolute atomic E-state index is 0.150. The summed E-state index contributed by atoms with van der Waals surface area (Å²) in [5, 5.41) is 5.54. The van der Waals surface area contributed by atoms with Crippen LogP contribution in [-0.2, 0) is 13.2 Å². The molecule has 5 nitrogen and oxygen atoms in total. The van der Waals surface area contributed by atoms with Gasteiger partial charge in [-0.25, -0.2) is 4.98 Å². The standard InChI is InChI=1S/C22H26IN3O2/c1-3-5-6-11-26-20-13-17(15-28-22-19(23)9-7-10-24-22)18(21(27)8-4-2)12-16(20)14-25-26/h7,9-10,12-14H,3-6,8,11,15H2,1-2H3. The Bertz CT molecular complexity index is 952. The summed E-state index contributed by atoms with van der Waals surface area (Å²) in [5.74, 6) is 0.742. The minimum atomic E-state index is 0.150. The average Bonchev–Trinajstić information content (AvgIpc) is 3.09. The molecule has 0 unspecified atom stereocenters. The first-order valence-electron chi connectivity index (χ1n) is 9.89. The van der Waals surface area contributed by atoms with Crippen molar-refractivity contribution in [3.8, 4) is 5.88 Å². The Morgan fingerprint density at radius 1 is 1.21 bits per heavy atom. The van der Waals surface area contributed by atoms with E-state index in [2.05, 4.69) is 45.7 Å². The highest BCUT2D eigenvalue weighted by Gasteiger charge is 2.16. The highest BCUT2D eigenvalue weighted by atomic mass is 127. The topological polar surface area (TPSA) is 57.0 Å². The molecule has 148 valence electrons. The Labute approximate surface area is 179 Å². The zero-order valence-electron chi connectivity index (χ0n) is 16.4. The molecule has 2 heterocycles. The summed E-state index contributed by atoms with van der Waals surface area (Å²) in [4.78, 5) is 17.0. The maximum atomic E-state index is 12.7. The van der Waals surface area contributed by atoms with Crippen LogP contribution in [0.3, 0.4) is 0 Å². The zero-order valence-corrected chi connectivity index (χ0v) is 18.6. The van der Waals surface area contributed by atoms with Gasteiger partial charge in [-0.3, -0.25) is 9.48 Å². The van der Waals surface area contributed by atoms with Crippen molar-refractivity contribution in [2.24, 2.45) is 0 Å². The third-order valence-electron chi connectivity index (χ3n) is 4.71. The molecule has 0 saturated heterocycles. The lowest BCUT2D eigenvalue weighted by Crippen LogP contribution is -2.08. The van der Waals surface area contributed by atoms with Gasteiger partial charge in [-0.2, -0.15) is 5.10 Å². The van der Waals surface area contributed by atoms with Gasteiger partial charge in [0.25, 0.3) is 0 Å². The summed E-state index contributed by atoms with van der Waals surface area (Å²) in [6.07, 6.45) is 8.39. The number of ether oxygens (including phenoxy) is 1. The normalized spacial score (nSPS) is 11.1. The molecule has 0 aliphatic carbocycles. The first-order valence-corrected chi connectivity index (χ1v) is 11.0. The van der Waals surface area contributed by atoms with Crippen LogP contribution < -0.4 is 4.74 Å². The summed E-state index contributed by atoms with van der Waals surface area (Å²) in [6.45, 7) is 5.42. The monoisotopic (exact) mass is 491 g/mol. The molecular weight excluding hydrogens is 465 g/mol. The van der Waals surface area contributed by atoms with Crippen molar-refractivity contribution in [2.45, 2.75) is 59.1 Å². The van der Waals surface area contributed by atoms with Gasteiger partial charge in [0.1, 0.15) is 6.61 Å². The average molecular weight is 491 g/mol. The quantitative estimate of drug-likeness (QED) is 0.205. The third-order valence-corrected chi connectivity index (χ3v) is 5.53. The van der Waals surface area contributed by atoms with E-state index in [4.69, 9.17) is 4.74 Å². The van der Waals surface area contributed by atoms with E-state index in [0.717, 1.165) is 45.0 Å². The molecule has 1 aromatic carbocycles. The first kappa shape index (κ1) is 20.8. The van der Waals surface area contributed by atoms with Gasteiger partial charge in [0.15, 0.2) is 5.78 Å². The smallest absolute Gasteiger partial charge is 0.227 e. The number of unbranched alkanes of at least 4 members (excludes halogenated alkanes) is 2. The number of nitrogens with zero attached hydrogens (tertiary/aromatic N) is 3. The number of Topliss-reactive ketones (excluding diaryl/α,β-unsaturated/α-hetero) is 1. The van der Waals surface area contributed by atoms with Gasteiger partial charge in [0.2, 0.25) is 5.88 Å². The highest BCUT2D eigenvalue weighted by Crippen LogP contribution is 2.25. The number of carbonyl (C=O) groups is 1. The summed E-state index contributed by atoms with van der Waals surface area (Å²) in [7, 11) is 0. The SMILES string of the molecule is CCCCCn1ncc2cc(C(=O)CCC)c(COc3ncccc3I)cc21. The Kier molecular flexibility index (Phi) is 7.42. The van der Waals surface area contributed by atoms with Gasteiger partial charge in [0.05, 0.1) is 15.3 Å². The molecule has 28 heavy (non-hydrogen) atoms. The van der Waals surface area contributed by atoms with Crippen LogP contribution in [0.4, 0.5) is 0 Å². The molecule has 3 rings (SSSR count). The Morgan fingerprint density at radius 2 is 2.07 bits per heavy atom. The molecule has 0 fully saturated rings. The predicted molar refractivity (Wildman–Crippen MR) is 120 cm³/mol. The molecular formula is C22H26IN3O2. The second-order valence-corrected chi connectivity index (χ2v) is 8.06. The van der Waals surface area contributed by atoms with Crippen molar-refractivity contribution in [1.29, 1.82) is 0 Å². The van der Waals surface area contributed by atoms with Gasteiger partial charge in [0, 0.05) is 35.7 Å². The van der Waals surface area contributed by atoms with Crippen LogP contribution in [0.25, 0.3) is 10.9 Å². The lowest BCUT2D eigenvalue weighted by Gasteiger charge is -2.12. The summed E-state index contributed by atoms with van der Waals surface area (Å²) < 4.78 is 8.94. The molecule has 0 saturated carbocycles. The van der Waals surface area contributed by atoms with Crippen molar-refractivity contribution in [2.75, 3.05) is 0 Å². The van der Waals surface area contributed by atoms with Crippen molar-refractivity contribution in [1.82, 2.24) is 14.8 Å². The number of ketones is 1. The molecule has 0 amide bonds. The first-order chi connectivity index (χ1) is 13.6. The van der Waals surface area contributed by atoms with E-state index in [1.807, 2.05) is 36.0 Å². The predicted octanol–water partition coefficient (Wildman–Crippen LogP) is 5.79. The molecule has 0 atom stereocenters. The minimum Gasteiger partial charge on any atom is -0.472 e.